The van der Waals surface area contributed by atoms with Gasteiger partial charge in [-0.1, -0.05) is 12.1 Å². The predicted octanol–water partition coefficient (Wildman–Crippen LogP) is 2.26. The average Bonchev–Trinajstić information content (AvgIpc) is 3.42. The SMILES string of the molecule is COc1cc([C@@H](CC(N)=O)c2c(Cc3ccc4c(c3)CCO4)[nH][nH]c2=O)cc(OC)c1OC. The number of ether oxygens (including phenoxy) is 4. The van der Waals surface area contributed by atoms with Gasteiger partial charge < -0.3 is 29.8 Å². The molecule has 1 aliphatic rings. The zero-order valence-electron chi connectivity index (χ0n) is 18.8. The van der Waals surface area contributed by atoms with Crippen molar-refractivity contribution in [2.75, 3.05) is 27.9 Å². The first kappa shape index (κ1) is 22.3. The fourth-order valence-corrected chi connectivity index (χ4v) is 4.36. The van der Waals surface area contributed by atoms with Crippen molar-refractivity contribution >= 4 is 5.91 Å². The summed E-state index contributed by atoms with van der Waals surface area (Å²) in [5.41, 5.74) is 9.22. The molecule has 0 aliphatic carbocycles. The van der Waals surface area contributed by atoms with Crippen molar-refractivity contribution in [1.29, 1.82) is 0 Å². The molecule has 0 bridgehead atoms. The van der Waals surface area contributed by atoms with E-state index in [1.165, 1.54) is 21.3 Å². The molecular weight excluding hydrogens is 426 g/mol. The Hall–Kier alpha value is -3.88. The number of H-pyrrole nitrogens is 2. The van der Waals surface area contributed by atoms with Crippen molar-refractivity contribution in [3.63, 3.8) is 0 Å². The summed E-state index contributed by atoms with van der Waals surface area (Å²) in [5, 5.41) is 5.65. The average molecular weight is 453 g/mol. The molecule has 1 atom stereocenters. The Balaban J connectivity index is 1.79. The summed E-state index contributed by atoms with van der Waals surface area (Å²) >= 11 is 0. The summed E-state index contributed by atoms with van der Waals surface area (Å²) in [6.07, 6.45) is 1.26. The molecule has 2 aromatic carbocycles. The van der Waals surface area contributed by atoms with Gasteiger partial charge in [-0.3, -0.25) is 14.7 Å². The number of hydrogen-bond donors (Lipinski definition) is 3. The van der Waals surface area contributed by atoms with Gasteiger partial charge in [0, 0.05) is 36.4 Å². The molecule has 174 valence electrons. The summed E-state index contributed by atoms with van der Waals surface area (Å²) < 4.78 is 21.9. The number of rotatable bonds is 9. The monoisotopic (exact) mass is 453 g/mol. The van der Waals surface area contributed by atoms with E-state index in [9.17, 15) is 9.59 Å². The second kappa shape index (κ2) is 9.32. The normalized spacial score (nSPS) is 13.2. The number of methoxy groups -OCH3 is 3. The first-order chi connectivity index (χ1) is 15.9. The lowest BCUT2D eigenvalue weighted by molar-refractivity contribution is -0.118. The molecule has 9 heteroatoms. The molecule has 4 N–H and O–H groups in total. The van der Waals surface area contributed by atoms with E-state index in [-0.39, 0.29) is 12.0 Å². The number of fused-ring (bicyclic) bond motifs is 1. The Bertz CT molecular complexity index is 1200. The minimum absolute atomic E-state index is 0.0649. The number of aromatic nitrogens is 2. The van der Waals surface area contributed by atoms with Gasteiger partial charge in [-0.2, -0.15) is 0 Å². The van der Waals surface area contributed by atoms with E-state index in [4.69, 9.17) is 24.7 Å². The van der Waals surface area contributed by atoms with E-state index < -0.39 is 11.8 Å². The second-order valence-electron chi connectivity index (χ2n) is 7.87. The van der Waals surface area contributed by atoms with Gasteiger partial charge in [0.15, 0.2) is 11.5 Å². The first-order valence-corrected chi connectivity index (χ1v) is 10.6. The van der Waals surface area contributed by atoms with E-state index in [0.717, 1.165) is 23.3 Å². The third-order valence-electron chi connectivity index (χ3n) is 5.87. The Morgan fingerprint density at radius 1 is 1.09 bits per heavy atom. The van der Waals surface area contributed by atoms with E-state index >= 15 is 0 Å². The first-order valence-electron chi connectivity index (χ1n) is 10.6. The molecule has 33 heavy (non-hydrogen) atoms. The Labute approximate surface area is 190 Å². The number of carbonyl (C=O) groups is 1. The van der Waals surface area contributed by atoms with Crippen LogP contribution in [0.1, 0.15) is 40.3 Å². The van der Waals surface area contributed by atoms with Gasteiger partial charge in [0.05, 0.1) is 27.9 Å². The van der Waals surface area contributed by atoms with Gasteiger partial charge in [-0.05, 0) is 34.9 Å². The Morgan fingerprint density at radius 2 is 1.82 bits per heavy atom. The highest BCUT2D eigenvalue weighted by Crippen LogP contribution is 2.42. The maximum absolute atomic E-state index is 12.9. The summed E-state index contributed by atoms with van der Waals surface area (Å²) in [6.45, 7) is 0.673. The molecular formula is C24H27N3O6. The second-order valence-corrected chi connectivity index (χ2v) is 7.87. The standard InChI is InChI=1S/C24H27N3O6/c1-30-19-10-15(11-20(31-2)23(19)32-3)16(12-21(25)28)22-17(26-27-24(22)29)9-13-4-5-18-14(8-13)6-7-33-18/h4-5,8,10-11,16H,6-7,9,12H2,1-3H3,(H2,25,28)(H2,26,27,29)/t16-/m1/s1. The highest BCUT2D eigenvalue weighted by molar-refractivity contribution is 5.76. The quantitative estimate of drug-likeness (QED) is 0.456. The molecule has 4 rings (SSSR count). The molecule has 1 aromatic heterocycles. The number of nitrogens with two attached hydrogens (primary N) is 1. The smallest absolute Gasteiger partial charge is 0.267 e. The number of hydrogen-bond acceptors (Lipinski definition) is 6. The molecule has 2 heterocycles. The molecule has 1 amide bonds. The lowest BCUT2D eigenvalue weighted by atomic mass is 9.86. The van der Waals surface area contributed by atoms with Gasteiger partial charge in [0.1, 0.15) is 5.75 Å². The third kappa shape index (κ3) is 4.39. The lowest BCUT2D eigenvalue weighted by Gasteiger charge is -2.20. The van der Waals surface area contributed by atoms with Gasteiger partial charge >= 0.3 is 0 Å². The topological polar surface area (TPSA) is 129 Å². The van der Waals surface area contributed by atoms with E-state index in [0.29, 0.717) is 47.1 Å². The van der Waals surface area contributed by atoms with Crippen LogP contribution in [0.4, 0.5) is 0 Å². The van der Waals surface area contributed by atoms with Gasteiger partial charge in [0.2, 0.25) is 11.7 Å². The van der Waals surface area contributed by atoms with Crippen LogP contribution in [-0.4, -0.2) is 44.0 Å². The summed E-state index contributed by atoms with van der Waals surface area (Å²) in [6, 6.07) is 9.47. The van der Waals surface area contributed by atoms with Crippen LogP contribution in [-0.2, 0) is 17.6 Å². The fourth-order valence-electron chi connectivity index (χ4n) is 4.36. The summed E-state index contributed by atoms with van der Waals surface area (Å²) in [7, 11) is 4.53. The highest BCUT2D eigenvalue weighted by Gasteiger charge is 2.27. The van der Waals surface area contributed by atoms with Crippen molar-refractivity contribution in [3.05, 3.63) is 68.6 Å². The molecule has 9 nitrogen and oxygen atoms in total. The number of aromatic amines is 2. The zero-order chi connectivity index (χ0) is 23.5. The Kier molecular flexibility index (Phi) is 6.30. The molecule has 0 unspecified atom stereocenters. The van der Waals surface area contributed by atoms with E-state index in [1.807, 2.05) is 12.1 Å². The zero-order valence-corrected chi connectivity index (χ0v) is 18.8. The van der Waals surface area contributed by atoms with Gasteiger partial charge in [-0.25, -0.2) is 0 Å². The lowest BCUT2D eigenvalue weighted by Crippen LogP contribution is -2.21. The largest absolute Gasteiger partial charge is 0.493 e. The number of benzene rings is 2. The van der Waals surface area contributed by atoms with Crippen molar-refractivity contribution < 1.29 is 23.7 Å². The maximum atomic E-state index is 12.9. The van der Waals surface area contributed by atoms with Gasteiger partial charge in [-0.15, -0.1) is 0 Å². The number of amides is 1. The maximum Gasteiger partial charge on any atom is 0.267 e. The van der Waals surface area contributed by atoms with Crippen LogP contribution in [0.15, 0.2) is 35.1 Å². The van der Waals surface area contributed by atoms with Crippen molar-refractivity contribution in [2.45, 2.75) is 25.2 Å². The van der Waals surface area contributed by atoms with Crippen LogP contribution in [0.3, 0.4) is 0 Å². The van der Waals surface area contributed by atoms with Crippen molar-refractivity contribution in [2.24, 2.45) is 5.73 Å². The minimum Gasteiger partial charge on any atom is -0.493 e. The minimum atomic E-state index is -0.612. The van der Waals surface area contributed by atoms with Crippen LogP contribution < -0.4 is 30.2 Å². The van der Waals surface area contributed by atoms with E-state index in [2.05, 4.69) is 16.3 Å². The van der Waals surface area contributed by atoms with Crippen LogP contribution in [0.2, 0.25) is 0 Å². The third-order valence-corrected chi connectivity index (χ3v) is 5.87. The molecule has 0 saturated carbocycles. The molecule has 0 spiro atoms. The molecule has 0 fully saturated rings. The number of primary amides is 1. The molecule has 3 aromatic rings. The summed E-state index contributed by atoms with van der Waals surface area (Å²) in [5.74, 6) is 1.02. The molecule has 0 radical (unpaired) electrons. The van der Waals surface area contributed by atoms with Gasteiger partial charge in [0.25, 0.3) is 5.56 Å². The highest BCUT2D eigenvalue weighted by atomic mass is 16.5. The van der Waals surface area contributed by atoms with E-state index in [1.54, 1.807) is 12.1 Å². The van der Waals surface area contributed by atoms with Crippen LogP contribution in [0, 0.1) is 0 Å². The predicted molar refractivity (Wildman–Crippen MR) is 122 cm³/mol. The Morgan fingerprint density at radius 3 is 2.45 bits per heavy atom. The number of carbonyl (C=O) groups excluding carboxylic acids is 1. The van der Waals surface area contributed by atoms with Crippen LogP contribution in [0.25, 0.3) is 0 Å². The van der Waals surface area contributed by atoms with Crippen molar-refractivity contribution in [1.82, 2.24) is 10.2 Å². The summed E-state index contributed by atoms with van der Waals surface area (Å²) in [4.78, 5) is 24.9. The van der Waals surface area contributed by atoms with Crippen molar-refractivity contribution in [3.8, 4) is 23.0 Å². The molecule has 1 aliphatic heterocycles. The fraction of sp³-hybridized carbons (Fsp3) is 0.333. The number of nitrogens with one attached hydrogen (secondary N) is 2. The van der Waals surface area contributed by atoms with Crippen LogP contribution in [0.5, 0.6) is 23.0 Å². The molecule has 0 saturated heterocycles. The van der Waals surface area contributed by atoms with Crippen LogP contribution >= 0.6 is 0 Å².